The van der Waals surface area contributed by atoms with Gasteiger partial charge in [-0.05, 0) is 56.6 Å². The molecule has 1 aromatic carbocycles. The van der Waals surface area contributed by atoms with Gasteiger partial charge < -0.3 is 10.4 Å². The molecule has 1 aliphatic carbocycles. The van der Waals surface area contributed by atoms with Crippen LogP contribution in [0.25, 0.3) is 11.3 Å². The molecule has 0 radical (unpaired) electrons. The Hall–Kier alpha value is -1.77. The Labute approximate surface area is 201 Å². The Kier molecular flexibility index (Phi) is 8.02. The number of carbonyl (C=O) groups excluding carboxylic acids is 1. The molecule has 182 valence electrons. The van der Waals surface area contributed by atoms with Crippen LogP contribution in [-0.2, 0) is 13.0 Å². The predicted octanol–water partition coefficient (Wildman–Crippen LogP) is 6.04. The second-order valence-electron chi connectivity index (χ2n) is 8.85. The fraction of sp³-hybridized carbons (Fsp3) is 0.565. The molecule has 0 bridgehead atoms. The second-order valence-corrected chi connectivity index (χ2v) is 9.63. The smallest absolute Gasteiger partial charge is 0.388 e. The molecule has 0 saturated heterocycles. The lowest BCUT2D eigenvalue weighted by atomic mass is 9.79. The Morgan fingerprint density at radius 2 is 1.97 bits per heavy atom. The van der Waals surface area contributed by atoms with Crippen LogP contribution in [0, 0.1) is 5.92 Å². The van der Waals surface area contributed by atoms with Crippen molar-refractivity contribution >= 4 is 29.1 Å². The summed E-state index contributed by atoms with van der Waals surface area (Å²) in [6, 6.07) is 4.64. The van der Waals surface area contributed by atoms with Gasteiger partial charge in [0.2, 0.25) is 0 Å². The van der Waals surface area contributed by atoms with Crippen molar-refractivity contribution in [1.29, 1.82) is 0 Å². The summed E-state index contributed by atoms with van der Waals surface area (Å²) in [6.45, 7) is 4.48. The number of aryl methyl sites for hydroxylation is 2. The van der Waals surface area contributed by atoms with Crippen molar-refractivity contribution in [3.8, 4) is 11.3 Å². The van der Waals surface area contributed by atoms with Crippen LogP contribution >= 0.6 is 23.2 Å². The minimum Gasteiger partial charge on any atom is -0.388 e. The molecule has 1 heterocycles. The van der Waals surface area contributed by atoms with Gasteiger partial charge in [-0.15, -0.1) is 0 Å². The van der Waals surface area contributed by atoms with Crippen molar-refractivity contribution in [3.63, 3.8) is 0 Å². The van der Waals surface area contributed by atoms with E-state index in [1.54, 1.807) is 12.1 Å². The standard InChI is InChI=1S/C23H28Cl2F3N3O2/c1-3-31-20(16-5-4-15(12-17(16)24)8-11-23(26,27)28)18(25)19(30-31)21(32)29-13-22(33)9-6-14(2)7-10-22/h4-5,12,14,33H,3,6-11,13H2,1-2H3,(H,29,32). The number of nitrogens with zero attached hydrogens (tertiary/aromatic N) is 2. The van der Waals surface area contributed by atoms with E-state index >= 15 is 0 Å². The Morgan fingerprint density at radius 3 is 2.55 bits per heavy atom. The quantitative estimate of drug-likeness (QED) is 0.481. The number of aromatic nitrogens is 2. The number of aliphatic hydroxyl groups is 1. The number of halogens is 5. The van der Waals surface area contributed by atoms with E-state index in [-0.39, 0.29) is 28.7 Å². The zero-order valence-electron chi connectivity index (χ0n) is 18.6. The molecule has 0 aliphatic heterocycles. The van der Waals surface area contributed by atoms with Crippen LogP contribution in [0.15, 0.2) is 18.2 Å². The van der Waals surface area contributed by atoms with E-state index in [1.807, 2.05) is 6.92 Å². The van der Waals surface area contributed by atoms with Gasteiger partial charge in [-0.3, -0.25) is 9.48 Å². The summed E-state index contributed by atoms with van der Waals surface area (Å²) in [4.78, 5) is 12.8. The predicted molar refractivity (Wildman–Crippen MR) is 123 cm³/mol. The first-order valence-electron chi connectivity index (χ1n) is 11.0. The highest BCUT2D eigenvalue weighted by molar-refractivity contribution is 6.38. The van der Waals surface area contributed by atoms with Crippen molar-refractivity contribution in [2.75, 3.05) is 6.54 Å². The molecule has 3 rings (SSSR count). The molecule has 1 aromatic heterocycles. The highest BCUT2D eigenvalue weighted by Gasteiger charge is 2.33. The van der Waals surface area contributed by atoms with Crippen LogP contribution in [0.2, 0.25) is 10.0 Å². The van der Waals surface area contributed by atoms with E-state index in [0.29, 0.717) is 42.1 Å². The zero-order valence-corrected chi connectivity index (χ0v) is 20.1. The zero-order chi connectivity index (χ0) is 24.4. The van der Waals surface area contributed by atoms with Crippen LogP contribution < -0.4 is 5.32 Å². The number of carbonyl (C=O) groups is 1. The number of alkyl halides is 3. The van der Waals surface area contributed by atoms with Gasteiger partial charge in [-0.1, -0.05) is 42.3 Å². The largest absolute Gasteiger partial charge is 0.389 e. The van der Waals surface area contributed by atoms with E-state index in [2.05, 4.69) is 17.3 Å². The molecule has 10 heteroatoms. The first-order valence-corrected chi connectivity index (χ1v) is 11.8. The Morgan fingerprint density at radius 1 is 1.30 bits per heavy atom. The highest BCUT2D eigenvalue weighted by Crippen LogP contribution is 2.37. The highest BCUT2D eigenvalue weighted by atomic mass is 35.5. The molecule has 1 aliphatic rings. The van der Waals surface area contributed by atoms with E-state index in [0.717, 1.165) is 12.8 Å². The van der Waals surface area contributed by atoms with Crippen LogP contribution in [-0.4, -0.2) is 39.1 Å². The molecule has 0 spiro atoms. The third kappa shape index (κ3) is 6.43. The minimum absolute atomic E-state index is 0.0125. The van der Waals surface area contributed by atoms with Gasteiger partial charge in [0.05, 0.1) is 21.3 Å². The lowest BCUT2D eigenvalue weighted by molar-refractivity contribution is -0.134. The molecule has 33 heavy (non-hydrogen) atoms. The van der Waals surface area contributed by atoms with Gasteiger partial charge in [0.15, 0.2) is 5.69 Å². The van der Waals surface area contributed by atoms with Crippen LogP contribution in [0.3, 0.4) is 0 Å². The first kappa shape index (κ1) is 25.8. The summed E-state index contributed by atoms with van der Waals surface area (Å²) in [7, 11) is 0. The molecular formula is C23H28Cl2F3N3O2. The van der Waals surface area contributed by atoms with Crippen molar-refractivity contribution < 1.29 is 23.1 Å². The van der Waals surface area contributed by atoms with E-state index in [1.165, 1.54) is 10.7 Å². The van der Waals surface area contributed by atoms with E-state index in [4.69, 9.17) is 23.2 Å². The summed E-state index contributed by atoms with van der Waals surface area (Å²) in [5, 5.41) is 18.1. The van der Waals surface area contributed by atoms with Crippen LogP contribution in [0.4, 0.5) is 13.2 Å². The molecule has 1 amide bonds. The molecule has 2 N–H and O–H groups in total. The fourth-order valence-electron chi connectivity index (χ4n) is 4.07. The lowest BCUT2D eigenvalue weighted by Gasteiger charge is -2.34. The van der Waals surface area contributed by atoms with Gasteiger partial charge in [-0.25, -0.2) is 0 Å². The molecular weight excluding hydrogens is 478 g/mol. The maximum atomic E-state index is 12.8. The summed E-state index contributed by atoms with van der Waals surface area (Å²) < 4.78 is 39.1. The Balaban J connectivity index is 1.79. The number of rotatable bonds is 7. The topological polar surface area (TPSA) is 67.2 Å². The summed E-state index contributed by atoms with van der Waals surface area (Å²) in [6.07, 6.45) is -2.33. The van der Waals surface area contributed by atoms with E-state index in [9.17, 15) is 23.1 Å². The number of hydrogen-bond acceptors (Lipinski definition) is 3. The molecule has 0 unspecified atom stereocenters. The average Bonchev–Trinajstić information content (AvgIpc) is 3.09. The third-order valence-corrected chi connectivity index (χ3v) is 6.85. The monoisotopic (exact) mass is 505 g/mol. The van der Waals surface area contributed by atoms with Gasteiger partial charge in [0, 0.05) is 25.1 Å². The normalized spacial score (nSPS) is 21.3. The molecule has 1 fully saturated rings. The molecule has 5 nitrogen and oxygen atoms in total. The average molecular weight is 506 g/mol. The molecule has 2 aromatic rings. The SMILES string of the molecule is CCn1nc(C(=O)NCC2(O)CCC(C)CC2)c(Cl)c1-c1ccc(CCC(F)(F)F)cc1Cl. The number of nitrogens with one attached hydrogen (secondary N) is 1. The van der Waals surface area contributed by atoms with Crippen LogP contribution in [0.1, 0.15) is 62.0 Å². The number of benzene rings is 1. The minimum atomic E-state index is -4.25. The summed E-state index contributed by atoms with van der Waals surface area (Å²) in [5.74, 6) is 0.0567. The van der Waals surface area contributed by atoms with Crippen molar-refractivity contribution in [2.45, 2.75) is 70.7 Å². The molecule has 0 atom stereocenters. The fourth-order valence-corrected chi connectivity index (χ4v) is 4.68. The third-order valence-electron chi connectivity index (χ3n) is 6.18. The van der Waals surface area contributed by atoms with Gasteiger partial charge in [-0.2, -0.15) is 18.3 Å². The maximum Gasteiger partial charge on any atom is 0.389 e. The van der Waals surface area contributed by atoms with Crippen molar-refractivity contribution in [2.24, 2.45) is 5.92 Å². The lowest BCUT2D eigenvalue weighted by Crippen LogP contribution is -2.45. The summed E-state index contributed by atoms with van der Waals surface area (Å²) >= 11 is 12.9. The van der Waals surface area contributed by atoms with Gasteiger partial charge >= 0.3 is 6.18 Å². The molecule has 1 saturated carbocycles. The number of hydrogen-bond donors (Lipinski definition) is 2. The maximum absolute atomic E-state index is 12.8. The van der Waals surface area contributed by atoms with Gasteiger partial charge in [0.25, 0.3) is 5.91 Å². The number of amides is 1. The Bertz CT molecular complexity index is 1000. The van der Waals surface area contributed by atoms with Crippen LogP contribution in [0.5, 0.6) is 0 Å². The first-order chi connectivity index (χ1) is 15.4. The summed E-state index contributed by atoms with van der Waals surface area (Å²) in [5.41, 5.74) is 0.416. The van der Waals surface area contributed by atoms with Crippen molar-refractivity contribution in [3.05, 3.63) is 39.5 Å². The van der Waals surface area contributed by atoms with Crippen molar-refractivity contribution in [1.82, 2.24) is 15.1 Å². The van der Waals surface area contributed by atoms with Gasteiger partial charge in [0.1, 0.15) is 0 Å². The van der Waals surface area contributed by atoms with E-state index < -0.39 is 24.1 Å². The second kappa shape index (κ2) is 10.2.